The second kappa shape index (κ2) is 7.70. The molecule has 2 N–H and O–H groups in total. The van der Waals surface area contributed by atoms with Crippen LogP contribution in [0.25, 0.3) is 0 Å². The fraction of sp³-hybridized carbons (Fsp3) is 0.500. The van der Waals surface area contributed by atoms with Crippen molar-refractivity contribution in [2.45, 2.75) is 19.1 Å². The van der Waals surface area contributed by atoms with Crippen LogP contribution < -0.4 is 9.47 Å². The van der Waals surface area contributed by atoms with Crippen LogP contribution >= 0.6 is 0 Å². The number of esters is 1. The van der Waals surface area contributed by atoms with E-state index in [2.05, 4.69) is 0 Å². The molecule has 1 rings (SSSR count). The molecule has 7 nitrogen and oxygen atoms in total. The Balaban J connectivity index is 3.07. The zero-order valence-electron chi connectivity index (χ0n) is 12.5. The molecule has 0 radical (unpaired) electrons. The summed E-state index contributed by atoms with van der Waals surface area (Å²) in [6.07, 6.45) is -1.84. The van der Waals surface area contributed by atoms with Crippen molar-refractivity contribution in [3.05, 3.63) is 17.7 Å². The van der Waals surface area contributed by atoms with Gasteiger partial charge in [0.2, 0.25) is 5.75 Å². The van der Waals surface area contributed by atoms with Crippen molar-refractivity contribution in [2.75, 3.05) is 27.9 Å². The Morgan fingerprint density at radius 3 is 2.10 bits per heavy atom. The number of carbonyl (C=O) groups excluding carboxylic acids is 1. The van der Waals surface area contributed by atoms with Gasteiger partial charge in [-0.1, -0.05) is 0 Å². The lowest BCUT2D eigenvalue weighted by Gasteiger charge is -2.23. The van der Waals surface area contributed by atoms with Crippen LogP contribution in [0.2, 0.25) is 0 Å². The maximum absolute atomic E-state index is 10.8. The lowest BCUT2D eigenvalue weighted by molar-refractivity contribution is -0.147. The number of phenolic OH excluding ortho intramolecular Hbond substituents is 1. The third kappa shape index (κ3) is 4.24. The SMILES string of the molecule is COc1cc(C(OC)C(O)COC(C)=O)cc(OC)c1O. The average Bonchev–Trinajstić information content (AvgIpc) is 2.47. The number of benzene rings is 1. The zero-order chi connectivity index (χ0) is 16.0. The summed E-state index contributed by atoms with van der Waals surface area (Å²) in [6.45, 7) is 1.04. The number of hydrogen-bond donors (Lipinski definition) is 2. The summed E-state index contributed by atoms with van der Waals surface area (Å²) in [6, 6.07) is 3.03. The molecule has 0 fully saturated rings. The van der Waals surface area contributed by atoms with Gasteiger partial charge in [0.1, 0.15) is 18.8 Å². The number of carbonyl (C=O) groups is 1. The largest absolute Gasteiger partial charge is 0.502 e. The highest BCUT2D eigenvalue weighted by atomic mass is 16.5. The first kappa shape index (κ1) is 17.1. The minimum Gasteiger partial charge on any atom is -0.502 e. The molecule has 7 heteroatoms. The van der Waals surface area contributed by atoms with E-state index in [0.29, 0.717) is 5.56 Å². The first-order valence-corrected chi connectivity index (χ1v) is 6.23. The summed E-state index contributed by atoms with van der Waals surface area (Å²) >= 11 is 0. The van der Waals surface area contributed by atoms with Gasteiger partial charge in [-0.15, -0.1) is 0 Å². The van der Waals surface area contributed by atoms with Gasteiger partial charge in [-0.05, 0) is 17.7 Å². The molecule has 0 saturated heterocycles. The van der Waals surface area contributed by atoms with Gasteiger partial charge in [0.25, 0.3) is 0 Å². The molecule has 0 amide bonds. The number of methoxy groups -OCH3 is 3. The Hall–Kier alpha value is -1.99. The van der Waals surface area contributed by atoms with E-state index in [9.17, 15) is 15.0 Å². The quantitative estimate of drug-likeness (QED) is 0.726. The van der Waals surface area contributed by atoms with Crippen molar-refractivity contribution in [1.29, 1.82) is 0 Å². The van der Waals surface area contributed by atoms with Gasteiger partial charge in [-0.3, -0.25) is 4.79 Å². The minimum absolute atomic E-state index is 0.145. The summed E-state index contributed by atoms with van der Waals surface area (Å²) in [5.74, 6) is -0.268. The monoisotopic (exact) mass is 300 g/mol. The van der Waals surface area contributed by atoms with E-state index in [4.69, 9.17) is 18.9 Å². The summed E-state index contributed by atoms with van der Waals surface area (Å²) in [7, 11) is 4.21. The maximum Gasteiger partial charge on any atom is 0.302 e. The van der Waals surface area contributed by atoms with Crippen molar-refractivity contribution in [3.8, 4) is 17.2 Å². The Morgan fingerprint density at radius 1 is 1.19 bits per heavy atom. The Morgan fingerprint density at radius 2 is 1.71 bits per heavy atom. The Labute approximate surface area is 123 Å². The molecule has 2 atom stereocenters. The number of aromatic hydroxyl groups is 1. The number of ether oxygens (including phenoxy) is 4. The van der Waals surface area contributed by atoms with Gasteiger partial charge in [-0.2, -0.15) is 0 Å². The normalized spacial score (nSPS) is 13.4. The molecule has 0 aromatic heterocycles. The molecule has 1 aromatic rings. The van der Waals surface area contributed by atoms with Crippen LogP contribution in [0.4, 0.5) is 0 Å². The third-order valence-corrected chi connectivity index (χ3v) is 2.89. The van der Waals surface area contributed by atoms with Crippen LogP contribution in [0.1, 0.15) is 18.6 Å². The molecule has 0 spiro atoms. The first-order valence-electron chi connectivity index (χ1n) is 6.23. The summed E-state index contributed by atoms with van der Waals surface area (Å²) < 4.78 is 20.1. The Kier molecular flexibility index (Phi) is 6.26. The highest BCUT2D eigenvalue weighted by molar-refractivity contribution is 5.65. The smallest absolute Gasteiger partial charge is 0.302 e. The molecule has 0 bridgehead atoms. The average molecular weight is 300 g/mol. The summed E-state index contributed by atoms with van der Waals surface area (Å²) in [4.78, 5) is 10.8. The van der Waals surface area contributed by atoms with Crippen LogP contribution in [-0.2, 0) is 14.3 Å². The van der Waals surface area contributed by atoms with Crippen molar-refractivity contribution in [1.82, 2.24) is 0 Å². The standard InChI is InChI=1S/C14H20O7/c1-8(15)21-7-10(16)14(20-4)9-5-11(18-2)13(17)12(6-9)19-3/h5-6,10,14,16-17H,7H2,1-4H3. The van der Waals surface area contributed by atoms with Gasteiger partial charge in [-0.25, -0.2) is 0 Å². The van der Waals surface area contributed by atoms with Gasteiger partial charge >= 0.3 is 5.97 Å². The second-order valence-corrected chi connectivity index (χ2v) is 4.30. The summed E-state index contributed by atoms with van der Waals surface area (Å²) in [5, 5.41) is 19.9. The van der Waals surface area contributed by atoms with E-state index in [0.717, 1.165) is 0 Å². The molecule has 1 aromatic carbocycles. The molecular formula is C14H20O7. The number of rotatable bonds is 7. The molecule has 2 unspecified atom stereocenters. The predicted molar refractivity (Wildman–Crippen MR) is 73.6 cm³/mol. The molecule has 0 aliphatic rings. The summed E-state index contributed by atoms with van der Waals surface area (Å²) in [5.41, 5.74) is 0.517. The molecule has 0 aliphatic carbocycles. The van der Waals surface area contributed by atoms with Crippen LogP contribution in [0.15, 0.2) is 12.1 Å². The van der Waals surface area contributed by atoms with Crippen molar-refractivity contribution >= 4 is 5.97 Å². The minimum atomic E-state index is -1.07. The van der Waals surface area contributed by atoms with E-state index in [-0.39, 0.29) is 23.9 Å². The molecule has 0 heterocycles. The lowest BCUT2D eigenvalue weighted by atomic mass is 10.0. The zero-order valence-corrected chi connectivity index (χ0v) is 12.5. The number of aliphatic hydroxyl groups is 1. The van der Waals surface area contributed by atoms with Gasteiger partial charge in [0.15, 0.2) is 11.5 Å². The van der Waals surface area contributed by atoms with Crippen LogP contribution in [0.3, 0.4) is 0 Å². The fourth-order valence-electron chi connectivity index (χ4n) is 1.88. The van der Waals surface area contributed by atoms with Crippen LogP contribution in [0.5, 0.6) is 17.2 Å². The van der Waals surface area contributed by atoms with Crippen LogP contribution in [-0.4, -0.2) is 50.2 Å². The van der Waals surface area contributed by atoms with Crippen molar-refractivity contribution in [3.63, 3.8) is 0 Å². The van der Waals surface area contributed by atoms with E-state index in [1.54, 1.807) is 0 Å². The lowest BCUT2D eigenvalue weighted by Crippen LogP contribution is -2.26. The van der Waals surface area contributed by atoms with Gasteiger partial charge < -0.3 is 29.2 Å². The fourth-order valence-corrected chi connectivity index (χ4v) is 1.88. The highest BCUT2D eigenvalue weighted by Crippen LogP contribution is 2.39. The molecular weight excluding hydrogens is 280 g/mol. The number of phenols is 1. The molecule has 118 valence electrons. The van der Waals surface area contributed by atoms with Gasteiger partial charge in [0, 0.05) is 14.0 Å². The topological polar surface area (TPSA) is 94.5 Å². The highest BCUT2D eigenvalue weighted by Gasteiger charge is 2.25. The molecule has 21 heavy (non-hydrogen) atoms. The van der Waals surface area contributed by atoms with Crippen molar-refractivity contribution in [2.24, 2.45) is 0 Å². The molecule has 0 saturated carbocycles. The predicted octanol–water partition coefficient (Wildman–Crippen LogP) is 1.02. The number of aliphatic hydroxyl groups excluding tert-OH is 1. The van der Waals surface area contributed by atoms with E-state index < -0.39 is 18.2 Å². The van der Waals surface area contributed by atoms with Crippen LogP contribution in [0, 0.1) is 0 Å². The second-order valence-electron chi connectivity index (χ2n) is 4.30. The third-order valence-electron chi connectivity index (χ3n) is 2.89. The number of hydrogen-bond acceptors (Lipinski definition) is 7. The van der Waals surface area contributed by atoms with E-state index in [1.165, 1.54) is 40.4 Å². The van der Waals surface area contributed by atoms with E-state index >= 15 is 0 Å². The van der Waals surface area contributed by atoms with Gasteiger partial charge in [0.05, 0.1) is 14.2 Å². The maximum atomic E-state index is 10.8. The van der Waals surface area contributed by atoms with E-state index in [1.807, 2.05) is 0 Å². The van der Waals surface area contributed by atoms with Crippen molar-refractivity contribution < 1.29 is 34.0 Å². The molecule has 0 aliphatic heterocycles. The first-order chi connectivity index (χ1) is 9.94. The Bertz CT molecular complexity index is 461.